The van der Waals surface area contributed by atoms with Gasteiger partial charge in [0.2, 0.25) is 5.91 Å². The Morgan fingerprint density at radius 3 is 2.67 bits per heavy atom. The molecule has 0 spiro atoms. The first-order valence-corrected chi connectivity index (χ1v) is 12.4. The molecule has 2 fully saturated rings. The first kappa shape index (κ1) is 22.7. The fourth-order valence-electron chi connectivity index (χ4n) is 6.41. The topological polar surface area (TPSA) is 46.1 Å². The molecule has 1 aromatic heterocycles. The van der Waals surface area contributed by atoms with Crippen molar-refractivity contribution in [1.82, 2.24) is 14.9 Å². The van der Waals surface area contributed by atoms with E-state index in [-0.39, 0.29) is 45.7 Å². The third kappa shape index (κ3) is 4.27. The van der Waals surface area contributed by atoms with Crippen LogP contribution in [0.1, 0.15) is 56.9 Å². The van der Waals surface area contributed by atoms with Crippen LogP contribution in [0, 0.1) is 10.8 Å². The second-order valence-corrected chi connectivity index (χ2v) is 11.8. The molecule has 1 amide bonds. The summed E-state index contributed by atoms with van der Waals surface area (Å²) in [6.45, 7) is 7.45. The summed E-state index contributed by atoms with van der Waals surface area (Å²) in [5.41, 5.74) is 1.65. The molecule has 1 aromatic carbocycles. The third-order valence-corrected chi connectivity index (χ3v) is 8.06. The van der Waals surface area contributed by atoms with Gasteiger partial charge < -0.3 is 4.90 Å². The van der Waals surface area contributed by atoms with Gasteiger partial charge in [-0.1, -0.05) is 56.8 Å². The molecule has 2 bridgehead atoms. The zero-order valence-corrected chi connectivity index (χ0v) is 19.9. The normalized spacial score (nSPS) is 25.5. The van der Waals surface area contributed by atoms with Crippen LogP contribution in [0.4, 0.5) is 13.2 Å². The molecule has 1 saturated heterocycles. The molecule has 1 aliphatic heterocycles. The van der Waals surface area contributed by atoms with Gasteiger partial charge in [-0.3, -0.25) is 4.79 Å². The number of aromatic nitrogens is 2. The summed E-state index contributed by atoms with van der Waals surface area (Å²) < 4.78 is 41.6. The molecule has 0 radical (unpaired) electrons. The van der Waals surface area contributed by atoms with E-state index in [0.717, 1.165) is 42.2 Å². The molecule has 2 aromatic rings. The molecular formula is C25H28F3N3OS. The van der Waals surface area contributed by atoms with Crippen LogP contribution in [-0.2, 0) is 23.8 Å². The zero-order valence-electron chi connectivity index (χ0n) is 19.1. The highest BCUT2D eigenvalue weighted by Gasteiger charge is 2.50. The lowest BCUT2D eigenvalue weighted by atomic mass is 9.65. The number of halogens is 3. The molecule has 2 heterocycles. The number of alkyl halides is 3. The molecule has 2 aliphatic carbocycles. The van der Waals surface area contributed by atoms with Crippen LogP contribution in [0.3, 0.4) is 0 Å². The Kier molecular flexibility index (Phi) is 5.31. The smallest absolute Gasteiger partial charge is 0.338 e. The van der Waals surface area contributed by atoms with Crippen LogP contribution in [-0.4, -0.2) is 39.1 Å². The maximum Gasteiger partial charge on any atom is 0.433 e. The zero-order chi connectivity index (χ0) is 23.6. The molecule has 4 nitrogen and oxygen atoms in total. The van der Waals surface area contributed by atoms with Gasteiger partial charge >= 0.3 is 6.18 Å². The quantitative estimate of drug-likeness (QED) is 0.417. The van der Waals surface area contributed by atoms with Crippen LogP contribution in [0.15, 0.2) is 29.4 Å². The van der Waals surface area contributed by atoms with Crippen molar-refractivity contribution in [2.45, 2.75) is 70.2 Å². The highest BCUT2D eigenvalue weighted by atomic mass is 32.2. The van der Waals surface area contributed by atoms with Crippen LogP contribution in [0.2, 0.25) is 0 Å². The van der Waals surface area contributed by atoms with E-state index in [2.05, 4.69) is 30.7 Å². The number of carbonyl (C=O) groups is 1. The monoisotopic (exact) mass is 475 g/mol. The number of hydrogen-bond donors (Lipinski definition) is 0. The summed E-state index contributed by atoms with van der Waals surface area (Å²) in [6, 6.07) is 7.64. The number of hydrogen-bond acceptors (Lipinski definition) is 4. The number of likely N-dealkylation sites (tertiary alicyclic amines) is 1. The van der Waals surface area contributed by atoms with Crippen molar-refractivity contribution in [3.8, 4) is 11.3 Å². The lowest BCUT2D eigenvalue weighted by Crippen LogP contribution is -2.38. The van der Waals surface area contributed by atoms with Gasteiger partial charge in [0.15, 0.2) is 10.9 Å². The molecule has 0 unspecified atom stereocenters. The van der Waals surface area contributed by atoms with Gasteiger partial charge in [0.1, 0.15) is 0 Å². The van der Waals surface area contributed by atoms with Crippen molar-refractivity contribution < 1.29 is 18.0 Å². The predicted octanol–water partition coefficient (Wildman–Crippen LogP) is 5.78. The number of nitrogens with zero attached hydrogens (tertiary/aromatic N) is 3. The van der Waals surface area contributed by atoms with Gasteiger partial charge in [0.25, 0.3) is 0 Å². The number of fused-ring (bicyclic) bond motifs is 5. The van der Waals surface area contributed by atoms with Crippen LogP contribution in [0.25, 0.3) is 11.3 Å². The summed E-state index contributed by atoms with van der Waals surface area (Å²) >= 11 is 1.01. The van der Waals surface area contributed by atoms with Gasteiger partial charge in [-0.15, -0.1) is 0 Å². The van der Waals surface area contributed by atoms with E-state index in [0.29, 0.717) is 18.7 Å². The van der Waals surface area contributed by atoms with Crippen LogP contribution < -0.4 is 0 Å². The number of benzene rings is 1. The second-order valence-electron chi connectivity index (χ2n) is 10.9. The molecule has 33 heavy (non-hydrogen) atoms. The first-order valence-electron chi connectivity index (χ1n) is 11.4. The minimum Gasteiger partial charge on any atom is -0.338 e. The second kappa shape index (κ2) is 7.72. The maximum absolute atomic E-state index is 13.9. The van der Waals surface area contributed by atoms with Gasteiger partial charge in [-0.05, 0) is 48.5 Å². The Hall–Kier alpha value is -2.09. The summed E-state index contributed by atoms with van der Waals surface area (Å²) in [7, 11) is 0. The number of amides is 1. The number of rotatable bonds is 3. The van der Waals surface area contributed by atoms with E-state index in [1.165, 1.54) is 0 Å². The van der Waals surface area contributed by atoms with Crippen molar-refractivity contribution in [2.24, 2.45) is 10.8 Å². The first-order chi connectivity index (χ1) is 15.4. The lowest BCUT2D eigenvalue weighted by molar-refractivity contribution is -0.142. The van der Waals surface area contributed by atoms with E-state index in [9.17, 15) is 18.0 Å². The van der Waals surface area contributed by atoms with Gasteiger partial charge in [0, 0.05) is 23.7 Å². The molecular weight excluding hydrogens is 447 g/mol. The van der Waals surface area contributed by atoms with Crippen molar-refractivity contribution in [3.63, 3.8) is 0 Å². The van der Waals surface area contributed by atoms with E-state index >= 15 is 0 Å². The van der Waals surface area contributed by atoms with Crippen molar-refractivity contribution in [3.05, 3.63) is 41.1 Å². The number of thioether (sulfide) groups is 1. The standard InChI is InChI=1S/C25H28F3N3OS/c1-23(2)10-16-11-24(3,13-23)14-31(16)19(32)12-33-22-29-20-17-7-5-4-6-15(17)8-9-18(20)21(30-22)25(26,27)28/h4-7,16H,8-14H2,1-3H3/t16-,24-/m0/s1. The largest absolute Gasteiger partial charge is 0.433 e. The highest BCUT2D eigenvalue weighted by molar-refractivity contribution is 7.99. The Labute approximate surface area is 196 Å². The molecule has 5 rings (SSSR count). The third-order valence-electron chi connectivity index (χ3n) is 7.23. The summed E-state index contributed by atoms with van der Waals surface area (Å²) in [5, 5.41) is 0.0137. The van der Waals surface area contributed by atoms with E-state index in [1.807, 2.05) is 29.2 Å². The average Bonchev–Trinajstić information content (AvgIpc) is 2.99. The average molecular weight is 476 g/mol. The number of carbonyl (C=O) groups excluding carboxylic acids is 1. The Morgan fingerprint density at radius 2 is 1.91 bits per heavy atom. The van der Waals surface area contributed by atoms with E-state index in [4.69, 9.17) is 0 Å². The van der Waals surface area contributed by atoms with Gasteiger partial charge in [0.05, 0.1) is 11.4 Å². The predicted molar refractivity (Wildman–Crippen MR) is 122 cm³/mol. The minimum atomic E-state index is -4.56. The Bertz CT molecular complexity index is 1120. The Balaban J connectivity index is 1.40. The maximum atomic E-state index is 13.9. The fourth-order valence-corrected chi connectivity index (χ4v) is 7.14. The molecule has 1 saturated carbocycles. The Morgan fingerprint density at radius 1 is 1.15 bits per heavy atom. The summed E-state index contributed by atoms with van der Waals surface area (Å²) in [4.78, 5) is 23.5. The SMILES string of the molecule is CC1(C)C[C@H]2C[C@](C)(CN2C(=O)CSc2nc3c(c(C(F)(F)F)n2)CCc2ccccc2-3)C1. The van der Waals surface area contributed by atoms with Gasteiger partial charge in [-0.25, -0.2) is 9.97 Å². The van der Waals surface area contributed by atoms with Crippen molar-refractivity contribution >= 4 is 17.7 Å². The summed E-state index contributed by atoms with van der Waals surface area (Å²) in [6.07, 6.45) is -0.734. The van der Waals surface area contributed by atoms with Gasteiger partial charge in [-0.2, -0.15) is 13.2 Å². The fraction of sp³-hybridized carbons (Fsp3) is 0.560. The number of aryl methyl sites for hydroxylation is 1. The molecule has 2 atom stereocenters. The lowest BCUT2D eigenvalue weighted by Gasteiger charge is -2.39. The van der Waals surface area contributed by atoms with Crippen LogP contribution >= 0.6 is 11.8 Å². The molecule has 3 aliphatic rings. The highest BCUT2D eigenvalue weighted by Crippen LogP contribution is 2.52. The van der Waals surface area contributed by atoms with Crippen molar-refractivity contribution in [2.75, 3.05) is 12.3 Å². The molecule has 8 heteroatoms. The minimum absolute atomic E-state index is 0.0137. The molecule has 0 N–H and O–H groups in total. The molecule has 176 valence electrons. The van der Waals surface area contributed by atoms with E-state index in [1.54, 1.807) is 0 Å². The van der Waals surface area contributed by atoms with Crippen LogP contribution in [0.5, 0.6) is 0 Å². The van der Waals surface area contributed by atoms with E-state index < -0.39 is 11.9 Å². The summed E-state index contributed by atoms with van der Waals surface area (Å²) in [5.74, 6) is 0.00628. The van der Waals surface area contributed by atoms with Crippen molar-refractivity contribution in [1.29, 1.82) is 0 Å².